The van der Waals surface area contributed by atoms with Crippen LogP contribution in [0.4, 0.5) is 0 Å². The normalized spacial score (nSPS) is 20.7. The second kappa shape index (κ2) is 10.5. The topological polar surface area (TPSA) is 60.9 Å². The van der Waals surface area contributed by atoms with E-state index in [1.807, 2.05) is 42.2 Å². The smallest absolute Gasteiger partial charge is 0.243 e. The molecule has 6 rings (SSSR count). The Balaban J connectivity index is 1.17. The molecule has 1 saturated heterocycles. The predicted molar refractivity (Wildman–Crippen MR) is 156 cm³/mol. The van der Waals surface area contributed by atoms with Gasteiger partial charge in [0.05, 0.1) is 17.5 Å². The number of amides is 1. The van der Waals surface area contributed by atoms with E-state index in [9.17, 15) is 13.2 Å². The van der Waals surface area contributed by atoms with Crippen molar-refractivity contribution in [2.24, 2.45) is 0 Å². The van der Waals surface area contributed by atoms with E-state index in [-0.39, 0.29) is 24.5 Å². The molecule has 2 aliphatic rings. The quantitative estimate of drug-likeness (QED) is 0.342. The average Bonchev–Trinajstić information content (AvgIpc) is 3.42. The highest BCUT2D eigenvalue weighted by Gasteiger charge is 2.37. The molecule has 0 unspecified atom stereocenters. The minimum Gasteiger partial charge on any atom is -0.339 e. The van der Waals surface area contributed by atoms with Gasteiger partial charge in [0.25, 0.3) is 0 Å². The fourth-order valence-corrected chi connectivity index (χ4v) is 8.49. The van der Waals surface area contributed by atoms with Gasteiger partial charge in [-0.05, 0) is 65.7 Å². The molecule has 0 aliphatic carbocycles. The minimum absolute atomic E-state index is 0.0524. The van der Waals surface area contributed by atoms with E-state index in [2.05, 4.69) is 47.5 Å². The second-order valence-electron chi connectivity index (χ2n) is 10.6. The molecule has 3 aromatic carbocycles. The summed E-state index contributed by atoms with van der Waals surface area (Å²) in [5.41, 5.74) is 3.71. The zero-order valence-corrected chi connectivity index (χ0v) is 23.9. The Morgan fingerprint density at radius 3 is 2.49 bits per heavy atom. The van der Waals surface area contributed by atoms with Crippen LogP contribution in [-0.2, 0) is 21.2 Å². The lowest BCUT2D eigenvalue weighted by Crippen LogP contribution is -2.57. The molecule has 202 valence electrons. The Morgan fingerprint density at radius 1 is 0.949 bits per heavy atom. The van der Waals surface area contributed by atoms with Crippen molar-refractivity contribution >= 4 is 38.0 Å². The molecule has 2 aliphatic heterocycles. The number of sulfonamides is 1. The second-order valence-corrected chi connectivity index (χ2v) is 13.5. The van der Waals surface area contributed by atoms with Crippen molar-refractivity contribution in [2.45, 2.75) is 37.2 Å². The summed E-state index contributed by atoms with van der Waals surface area (Å²) in [5, 5.41) is 4.06. The molecule has 0 radical (unpaired) electrons. The molecule has 2 atom stereocenters. The molecule has 0 saturated carbocycles. The maximum atomic E-state index is 13.6. The Morgan fingerprint density at radius 2 is 1.72 bits per heavy atom. The van der Waals surface area contributed by atoms with Crippen LogP contribution in [0.1, 0.15) is 34.5 Å². The van der Waals surface area contributed by atoms with Crippen molar-refractivity contribution < 1.29 is 13.2 Å². The van der Waals surface area contributed by atoms with E-state index in [1.54, 1.807) is 27.8 Å². The lowest BCUT2D eigenvalue weighted by Gasteiger charge is -2.41. The summed E-state index contributed by atoms with van der Waals surface area (Å²) in [4.78, 5) is 19.4. The Bertz CT molecular complexity index is 1610. The highest BCUT2D eigenvalue weighted by molar-refractivity contribution is 7.89. The van der Waals surface area contributed by atoms with Crippen molar-refractivity contribution in [3.05, 3.63) is 99.7 Å². The average molecular weight is 560 g/mol. The molecule has 39 heavy (non-hydrogen) atoms. The molecule has 0 N–H and O–H groups in total. The molecule has 0 bridgehead atoms. The number of carbonyl (C=O) groups is 1. The fourth-order valence-electron chi connectivity index (χ4n) is 5.94. The monoisotopic (exact) mass is 559 g/mol. The lowest BCUT2D eigenvalue weighted by molar-refractivity contribution is -0.135. The van der Waals surface area contributed by atoms with Crippen molar-refractivity contribution in [3.63, 3.8) is 0 Å². The number of hydrogen-bond acceptors (Lipinski definition) is 5. The summed E-state index contributed by atoms with van der Waals surface area (Å²) in [6.45, 7) is 6.19. The van der Waals surface area contributed by atoms with Gasteiger partial charge in [-0.3, -0.25) is 9.69 Å². The summed E-state index contributed by atoms with van der Waals surface area (Å²) >= 11 is 1.79. The van der Waals surface area contributed by atoms with Crippen LogP contribution in [0.15, 0.2) is 83.1 Å². The van der Waals surface area contributed by atoms with Gasteiger partial charge >= 0.3 is 0 Å². The predicted octanol–water partition coefficient (Wildman–Crippen LogP) is 5.08. The van der Waals surface area contributed by atoms with Crippen molar-refractivity contribution in [2.75, 3.05) is 32.7 Å². The van der Waals surface area contributed by atoms with E-state index >= 15 is 0 Å². The fraction of sp³-hybridized carbons (Fsp3) is 0.323. The number of benzene rings is 3. The number of piperazine rings is 1. The highest BCUT2D eigenvalue weighted by Crippen LogP contribution is 2.38. The summed E-state index contributed by atoms with van der Waals surface area (Å²) < 4.78 is 28.7. The standard InChI is InChI=1S/C31H33N3O3S2/c1-22-7-9-25(10-8-22)31-28-14-18-38-29(28)13-15-33(31)21-30(35)32-16-17-34(23(2)20-32)39(36,37)27-12-11-24-5-3-4-6-26(24)19-27/h3-12,14,18-19,23,31H,13,15-17,20-21H2,1-2H3/t23-,31-/m1/s1. The van der Waals surface area contributed by atoms with Crippen LogP contribution in [0.3, 0.4) is 0 Å². The number of hydrogen-bond donors (Lipinski definition) is 0. The van der Waals surface area contributed by atoms with Crippen molar-refractivity contribution in [1.29, 1.82) is 0 Å². The summed E-state index contributed by atoms with van der Waals surface area (Å²) in [5.74, 6) is 0.0559. The summed E-state index contributed by atoms with van der Waals surface area (Å²) in [7, 11) is -3.67. The minimum atomic E-state index is -3.67. The van der Waals surface area contributed by atoms with Crippen LogP contribution >= 0.6 is 11.3 Å². The SMILES string of the molecule is Cc1ccc([C@@H]2c3ccsc3CCN2CC(=O)N2CCN(S(=O)(=O)c3ccc4ccccc4c3)[C@H](C)C2)cc1. The first kappa shape index (κ1) is 26.2. The van der Waals surface area contributed by atoms with Crippen LogP contribution < -0.4 is 0 Å². The molecular formula is C31H33N3O3S2. The summed E-state index contributed by atoms with van der Waals surface area (Å²) in [6.07, 6.45) is 0.941. The van der Waals surface area contributed by atoms with Gasteiger partial charge in [-0.25, -0.2) is 8.42 Å². The van der Waals surface area contributed by atoms with Crippen molar-refractivity contribution in [1.82, 2.24) is 14.1 Å². The Labute approximate surface area is 234 Å². The van der Waals surface area contributed by atoms with Crippen LogP contribution in [0.25, 0.3) is 10.8 Å². The molecule has 4 aromatic rings. The first-order valence-corrected chi connectivity index (χ1v) is 15.8. The molecule has 8 heteroatoms. The molecule has 1 fully saturated rings. The van der Waals surface area contributed by atoms with Gasteiger partial charge in [0.1, 0.15) is 0 Å². The van der Waals surface area contributed by atoms with Gasteiger partial charge in [-0.2, -0.15) is 4.31 Å². The van der Waals surface area contributed by atoms with E-state index < -0.39 is 10.0 Å². The number of fused-ring (bicyclic) bond motifs is 2. The molecule has 0 spiro atoms. The van der Waals surface area contributed by atoms with Gasteiger partial charge in [0.2, 0.25) is 15.9 Å². The Kier molecular flexibility index (Phi) is 7.05. The Hall–Kier alpha value is -3.04. The number of nitrogens with zero attached hydrogens (tertiary/aromatic N) is 3. The summed E-state index contributed by atoms with van der Waals surface area (Å²) in [6, 6.07) is 23.6. The zero-order valence-electron chi connectivity index (χ0n) is 22.3. The highest BCUT2D eigenvalue weighted by atomic mass is 32.2. The van der Waals surface area contributed by atoms with Crippen LogP contribution in [-0.4, -0.2) is 67.2 Å². The molecule has 1 amide bonds. The third-order valence-electron chi connectivity index (χ3n) is 8.04. The third-order valence-corrected chi connectivity index (χ3v) is 11.0. The van der Waals surface area contributed by atoms with Crippen LogP contribution in [0.2, 0.25) is 0 Å². The van der Waals surface area contributed by atoms with E-state index in [4.69, 9.17) is 0 Å². The molecule has 3 heterocycles. The maximum Gasteiger partial charge on any atom is 0.243 e. The molecular weight excluding hydrogens is 526 g/mol. The number of thiophene rings is 1. The molecule has 6 nitrogen and oxygen atoms in total. The van der Waals surface area contributed by atoms with Gasteiger partial charge in [0.15, 0.2) is 0 Å². The lowest BCUT2D eigenvalue weighted by atomic mass is 9.92. The van der Waals surface area contributed by atoms with Gasteiger partial charge < -0.3 is 4.90 Å². The first-order chi connectivity index (χ1) is 18.8. The molecule has 1 aromatic heterocycles. The van der Waals surface area contributed by atoms with E-state index in [0.29, 0.717) is 24.5 Å². The number of carbonyl (C=O) groups excluding carboxylic acids is 1. The van der Waals surface area contributed by atoms with Crippen LogP contribution in [0, 0.1) is 6.92 Å². The van der Waals surface area contributed by atoms with Crippen LogP contribution in [0.5, 0.6) is 0 Å². The number of rotatable bonds is 5. The largest absolute Gasteiger partial charge is 0.339 e. The van der Waals surface area contributed by atoms with Gasteiger partial charge in [0, 0.05) is 37.1 Å². The van der Waals surface area contributed by atoms with Gasteiger partial charge in [-0.15, -0.1) is 11.3 Å². The zero-order chi connectivity index (χ0) is 27.1. The van der Waals surface area contributed by atoms with E-state index in [0.717, 1.165) is 23.7 Å². The van der Waals surface area contributed by atoms with Crippen molar-refractivity contribution in [3.8, 4) is 0 Å². The van der Waals surface area contributed by atoms with E-state index in [1.165, 1.54) is 21.6 Å². The third kappa shape index (κ3) is 5.02. The first-order valence-electron chi connectivity index (χ1n) is 13.5. The number of aryl methyl sites for hydroxylation is 1. The van der Waals surface area contributed by atoms with Gasteiger partial charge in [-0.1, -0.05) is 60.2 Å². The maximum absolute atomic E-state index is 13.6.